The summed E-state index contributed by atoms with van der Waals surface area (Å²) in [7, 11) is 4.38. The van der Waals surface area contributed by atoms with E-state index < -0.39 is 0 Å². The van der Waals surface area contributed by atoms with E-state index >= 15 is 0 Å². The molecule has 0 unspecified atom stereocenters. The number of nitrogens with zero attached hydrogens (tertiary/aromatic N) is 4. The van der Waals surface area contributed by atoms with Crippen LogP contribution in [0.1, 0.15) is 34.6 Å². The zero-order valence-corrected chi connectivity index (χ0v) is 18.8. The van der Waals surface area contributed by atoms with Gasteiger partial charge in [0.05, 0.1) is 23.5 Å². The van der Waals surface area contributed by atoms with E-state index in [1.54, 1.807) is 0 Å². The third-order valence-electron chi connectivity index (χ3n) is 5.81. The molecule has 2 aromatic carbocycles. The minimum Gasteiger partial charge on any atom is -0.292 e. The molecule has 0 fully saturated rings. The number of benzene rings is 2. The van der Waals surface area contributed by atoms with Crippen molar-refractivity contribution in [1.29, 1.82) is 0 Å². The van der Waals surface area contributed by atoms with Gasteiger partial charge < -0.3 is 0 Å². The highest BCUT2D eigenvalue weighted by Gasteiger charge is 2.32. The molecule has 2 aromatic heterocycles. The zero-order valence-electron chi connectivity index (χ0n) is 18.8. The molecule has 0 saturated heterocycles. The van der Waals surface area contributed by atoms with Crippen LogP contribution in [0.25, 0.3) is 0 Å². The van der Waals surface area contributed by atoms with Gasteiger partial charge in [-0.15, -0.1) is 0 Å². The molecule has 0 amide bonds. The fourth-order valence-electron chi connectivity index (χ4n) is 4.35. The Morgan fingerprint density at radius 1 is 0.531 bits per heavy atom. The lowest BCUT2D eigenvalue weighted by Crippen LogP contribution is -2.37. The molecule has 0 spiro atoms. The Hall–Kier alpha value is -3.34. The number of hydrogen-bond donors (Lipinski definition) is 0. The van der Waals surface area contributed by atoms with Crippen molar-refractivity contribution in [2.24, 2.45) is 0 Å². The third-order valence-corrected chi connectivity index (χ3v) is 5.81. The summed E-state index contributed by atoms with van der Waals surface area (Å²) in [5, 5.41) is 0. The standard InChI is InChI=1S/C28H30N4/c1-31(21-25-17-9-11-19-29-25)27(23-13-5-3-6-14-23)28(24-15-7-4-8-16-24)32(2)22-26-18-10-12-20-30-26/h3-20,27-28H,21-22H2,1-2H3/t27-,28-/m1/s1. The van der Waals surface area contributed by atoms with E-state index in [1.165, 1.54) is 11.1 Å². The number of rotatable bonds is 9. The first-order valence-corrected chi connectivity index (χ1v) is 11.0. The van der Waals surface area contributed by atoms with E-state index in [9.17, 15) is 0 Å². The molecule has 0 aliphatic carbocycles. The van der Waals surface area contributed by atoms with Crippen LogP contribution in [0, 0.1) is 0 Å². The average molecular weight is 423 g/mol. The minimum absolute atomic E-state index is 0.134. The number of likely N-dealkylation sites (N-methyl/N-ethyl adjacent to an activating group) is 2. The van der Waals surface area contributed by atoms with Crippen molar-refractivity contribution in [1.82, 2.24) is 19.8 Å². The Morgan fingerprint density at radius 3 is 1.25 bits per heavy atom. The second kappa shape index (κ2) is 10.8. The Bertz CT molecular complexity index is 967. The van der Waals surface area contributed by atoms with Gasteiger partial charge in [-0.3, -0.25) is 19.8 Å². The van der Waals surface area contributed by atoms with Crippen molar-refractivity contribution < 1.29 is 0 Å². The van der Waals surface area contributed by atoms with Crippen LogP contribution >= 0.6 is 0 Å². The van der Waals surface area contributed by atoms with Gasteiger partial charge in [-0.05, 0) is 49.5 Å². The van der Waals surface area contributed by atoms with Crippen molar-refractivity contribution in [3.63, 3.8) is 0 Å². The largest absolute Gasteiger partial charge is 0.292 e. The van der Waals surface area contributed by atoms with Crippen LogP contribution in [0.2, 0.25) is 0 Å². The predicted molar refractivity (Wildman–Crippen MR) is 130 cm³/mol. The lowest BCUT2D eigenvalue weighted by Gasteiger charge is -2.40. The Morgan fingerprint density at radius 2 is 0.906 bits per heavy atom. The summed E-state index contributed by atoms with van der Waals surface area (Å²) in [6, 6.07) is 34.0. The van der Waals surface area contributed by atoms with Gasteiger partial charge in [0.25, 0.3) is 0 Å². The van der Waals surface area contributed by atoms with Crippen LogP contribution in [0.15, 0.2) is 109 Å². The average Bonchev–Trinajstić information content (AvgIpc) is 2.84. The van der Waals surface area contributed by atoms with Crippen LogP contribution in [0.3, 0.4) is 0 Å². The number of aromatic nitrogens is 2. The van der Waals surface area contributed by atoms with Crippen LogP contribution in [0.4, 0.5) is 0 Å². The van der Waals surface area contributed by atoms with E-state index in [-0.39, 0.29) is 12.1 Å². The minimum atomic E-state index is 0.134. The van der Waals surface area contributed by atoms with Gasteiger partial charge in [0.2, 0.25) is 0 Å². The van der Waals surface area contributed by atoms with Crippen LogP contribution in [0.5, 0.6) is 0 Å². The summed E-state index contributed by atoms with van der Waals surface area (Å²) in [6.07, 6.45) is 3.73. The molecule has 2 atom stereocenters. The van der Waals surface area contributed by atoms with Crippen molar-refractivity contribution in [2.45, 2.75) is 25.2 Å². The van der Waals surface area contributed by atoms with Gasteiger partial charge in [0.1, 0.15) is 0 Å². The lowest BCUT2D eigenvalue weighted by molar-refractivity contribution is 0.100. The maximum absolute atomic E-state index is 4.57. The van der Waals surface area contributed by atoms with Gasteiger partial charge in [-0.1, -0.05) is 72.8 Å². The van der Waals surface area contributed by atoms with Crippen LogP contribution < -0.4 is 0 Å². The van der Waals surface area contributed by atoms with Crippen molar-refractivity contribution in [3.8, 4) is 0 Å². The Balaban J connectivity index is 1.73. The van der Waals surface area contributed by atoms with Crippen molar-refractivity contribution in [3.05, 3.63) is 132 Å². The number of pyridine rings is 2. The molecular weight excluding hydrogens is 392 g/mol. The Kier molecular flexibility index (Phi) is 7.38. The van der Waals surface area contributed by atoms with Gasteiger partial charge in [0.15, 0.2) is 0 Å². The first-order valence-electron chi connectivity index (χ1n) is 11.0. The molecule has 0 aliphatic heterocycles. The molecule has 0 saturated carbocycles. The molecule has 4 aromatic rings. The second-order valence-corrected chi connectivity index (χ2v) is 8.18. The molecule has 4 nitrogen and oxygen atoms in total. The van der Waals surface area contributed by atoms with Crippen LogP contribution in [-0.4, -0.2) is 33.9 Å². The SMILES string of the molecule is CN(Cc1ccccn1)[C@H](c1ccccc1)[C@@H](c1ccccc1)N(C)Cc1ccccn1. The monoisotopic (exact) mass is 422 g/mol. The molecule has 4 heteroatoms. The van der Waals surface area contributed by atoms with Crippen LogP contribution in [-0.2, 0) is 13.1 Å². The molecule has 32 heavy (non-hydrogen) atoms. The van der Waals surface area contributed by atoms with E-state index in [0.717, 1.165) is 24.5 Å². The lowest BCUT2D eigenvalue weighted by atomic mass is 9.90. The van der Waals surface area contributed by atoms with Gasteiger partial charge >= 0.3 is 0 Å². The molecule has 0 radical (unpaired) electrons. The van der Waals surface area contributed by atoms with E-state index in [2.05, 4.69) is 119 Å². The highest BCUT2D eigenvalue weighted by atomic mass is 15.2. The summed E-state index contributed by atoms with van der Waals surface area (Å²) in [5.74, 6) is 0. The normalized spacial score (nSPS) is 13.2. The first-order chi connectivity index (χ1) is 15.7. The zero-order chi connectivity index (χ0) is 22.2. The molecule has 0 bridgehead atoms. The quantitative estimate of drug-likeness (QED) is 0.355. The Labute approximate surface area is 191 Å². The second-order valence-electron chi connectivity index (χ2n) is 8.18. The molecule has 0 N–H and O–H groups in total. The fraction of sp³-hybridized carbons (Fsp3) is 0.214. The van der Waals surface area contributed by atoms with E-state index in [0.29, 0.717) is 0 Å². The molecule has 2 heterocycles. The first kappa shape index (κ1) is 21.9. The van der Waals surface area contributed by atoms with Crippen molar-refractivity contribution in [2.75, 3.05) is 14.1 Å². The number of hydrogen-bond acceptors (Lipinski definition) is 4. The summed E-state index contributed by atoms with van der Waals surface area (Å²) < 4.78 is 0. The molecule has 4 rings (SSSR count). The maximum Gasteiger partial charge on any atom is 0.0546 e. The summed E-state index contributed by atoms with van der Waals surface area (Å²) in [6.45, 7) is 1.53. The van der Waals surface area contributed by atoms with Gasteiger partial charge in [-0.25, -0.2) is 0 Å². The third kappa shape index (κ3) is 5.47. The van der Waals surface area contributed by atoms with Gasteiger partial charge in [-0.2, -0.15) is 0 Å². The highest BCUT2D eigenvalue weighted by molar-refractivity contribution is 5.28. The van der Waals surface area contributed by atoms with E-state index in [4.69, 9.17) is 0 Å². The molecular formula is C28H30N4. The predicted octanol–water partition coefficient (Wildman–Crippen LogP) is 5.52. The van der Waals surface area contributed by atoms with Gasteiger partial charge in [0, 0.05) is 25.5 Å². The fourth-order valence-corrected chi connectivity index (χ4v) is 4.35. The molecule has 162 valence electrons. The topological polar surface area (TPSA) is 32.3 Å². The highest BCUT2D eigenvalue weighted by Crippen LogP contribution is 2.38. The van der Waals surface area contributed by atoms with E-state index in [1.807, 2.05) is 24.5 Å². The summed E-state index contributed by atoms with van der Waals surface area (Å²) in [5.41, 5.74) is 4.70. The summed E-state index contributed by atoms with van der Waals surface area (Å²) in [4.78, 5) is 14.0. The smallest absolute Gasteiger partial charge is 0.0546 e. The van der Waals surface area contributed by atoms with Crippen molar-refractivity contribution >= 4 is 0 Å². The summed E-state index contributed by atoms with van der Waals surface area (Å²) >= 11 is 0. The molecule has 0 aliphatic rings. The maximum atomic E-state index is 4.57.